The van der Waals surface area contributed by atoms with Gasteiger partial charge in [-0.2, -0.15) is 0 Å². The van der Waals surface area contributed by atoms with E-state index in [1.807, 2.05) is 6.07 Å². The number of esters is 2. The van der Waals surface area contributed by atoms with Crippen molar-refractivity contribution >= 4 is 34.5 Å². The zero-order chi connectivity index (χ0) is 13.5. The maximum atomic E-state index is 11.8. The largest absolute Gasteiger partial charge is 0.465 e. The van der Waals surface area contributed by atoms with Crippen molar-refractivity contribution in [3.8, 4) is 0 Å². The Hall–Kier alpha value is -1.11. The average Bonchev–Trinajstić information content (AvgIpc) is 2.30. The van der Waals surface area contributed by atoms with Crippen molar-refractivity contribution in [2.24, 2.45) is 0 Å². The molecule has 4 nitrogen and oxygen atoms in total. The van der Waals surface area contributed by atoms with Crippen molar-refractivity contribution in [2.45, 2.75) is 19.8 Å². The van der Waals surface area contributed by atoms with Crippen LogP contribution in [0, 0.1) is 3.57 Å². The number of hydrogen-bond acceptors (Lipinski definition) is 4. The Morgan fingerprint density at radius 1 is 1.17 bits per heavy atom. The lowest BCUT2D eigenvalue weighted by atomic mass is 9.99. The van der Waals surface area contributed by atoms with E-state index in [-0.39, 0.29) is 13.2 Å². The van der Waals surface area contributed by atoms with E-state index in [9.17, 15) is 9.59 Å². The Morgan fingerprint density at radius 3 is 2.17 bits per heavy atom. The molecule has 0 aliphatic rings. The standard InChI is InChI=1S/C13H15IO4/c1-3-17-12(15)11(13(16)18-4-2)9-6-5-7-10(14)8-9/h5-8,11H,3-4H2,1-2H3. The van der Waals surface area contributed by atoms with Gasteiger partial charge in [0.2, 0.25) is 0 Å². The lowest BCUT2D eigenvalue weighted by molar-refractivity contribution is -0.156. The summed E-state index contributed by atoms with van der Waals surface area (Å²) in [6.45, 7) is 3.88. The van der Waals surface area contributed by atoms with Gasteiger partial charge >= 0.3 is 11.9 Å². The van der Waals surface area contributed by atoms with E-state index in [1.165, 1.54) is 0 Å². The van der Waals surface area contributed by atoms with Crippen LogP contribution in [0.1, 0.15) is 25.3 Å². The maximum absolute atomic E-state index is 11.8. The van der Waals surface area contributed by atoms with Crippen molar-refractivity contribution in [2.75, 3.05) is 13.2 Å². The van der Waals surface area contributed by atoms with Crippen molar-refractivity contribution in [3.05, 3.63) is 33.4 Å². The monoisotopic (exact) mass is 362 g/mol. The summed E-state index contributed by atoms with van der Waals surface area (Å²) in [5.74, 6) is -2.14. The third-order valence-corrected chi connectivity index (χ3v) is 2.90. The summed E-state index contributed by atoms with van der Waals surface area (Å²) >= 11 is 2.12. The van der Waals surface area contributed by atoms with Crippen LogP contribution in [0.4, 0.5) is 0 Å². The van der Waals surface area contributed by atoms with Crippen LogP contribution < -0.4 is 0 Å². The zero-order valence-corrected chi connectivity index (χ0v) is 12.5. The minimum absolute atomic E-state index is 0.235. The van der Waals surface area contributed by atoms with Crippen LogP contribution in [0.3, 0.4) is 0 Å². The molecule has 18 heavy (non-hydrogen) atoms. The zero-order valence-electron chi connectivity index (χ0n) is 10.3. The SMILES string of the molecule is CCOC(=O)C(C(=O)OCC)c1cccc(I)c1. The molecule has 0 amide bonds. The highest BCUT2D eigenvalue weighted by molar-refractivity contribution is 14.1. The number of benzene rings is 1. The minimum Gasteiger partial charge on any atom is -0.465 e. The molecule has 98 valence electrons. The number of ether oxygens (including phenoxy) is 2. The van der Waals surface area contributed by atoms with Gasteiger partial charge < -0.3 is 9.47 Å². The Kier molecular flexibility index (Phi) is 6.11. The maximum Gasteiger partial charge on any atom is 0.324 e. The molecule has 0 spiro atoms. The van der Waals surface area contributed by atoms with Gasteiger partial charge in [-0.3, -0.25) is 9.59 Å². The highest BCUT2D eigenvalue weighted by Gasteiger charge is 2.31. The molecule has 1 rings (SSSR count). The van der Waals surface area contributed by atoms with E-state index in [0.29, 0.717) is 5.56 Å². The lowest BCUT2D eigenvalue weighted by Gasteiger charge is -2.14. The summed E-state index contributed by atoms with van der Waals surface area (Å²) in [5.41, 5.74) is 0.596. The molecule has 0 unspecified atom stereocenters. The third-order valence-electron chi connectivity index (χ3n) is 2.23. The van der Waals surface area contributed by atoms with Crippen LogP contribution >= 0.6 is 22.6 Å². The predicted octanol–water partition coefficient (Wildman–Crippen LogP) is 2.50. The van der Waals surface area contributed by atoms with Gasteiger partial charge in [0.05, 0.1) is 13.2 Å². The van der Waals surface area contributed by atoms with Crippen LogP contribution in [0.5, 0.6) is 0 Å². The summed E-state index contributed by atoms with van der Waals surface area (Å²) in [6.07, 6.45) is 0. The van der Waals surface area contributed by atoms with E-state index in [0.717, 1.165) is 3.57 Å². The van der Waals surface area contributed by atoms with Crippen molar-refractivity contribution in [1.82, 2.24) is 0 Å². The fraction of sp³-hybridized carbons (Fsp3) is 0.385. The van der Waals surface area contributed by atoms with Gasteiger partial charge in [-0.15, -0.1) is 0 Å². The highest BCUT2D eigenvalue weighted by Crippen LogP contribution is 2.21. The first-order valence-electron chi connectivity index (χ1n) is 5.68. The van der Waals surface area contributed by atoms with Gasteiger partial charge in [0, 0.05) is 3.57 Å². The van der Waals surface area contributed by atoms with Crippen molar-refractivity contribution in [3.63, 3.8) is 0 Å². The van der Waals surface area contributed by atoms with Crippen molar-refractivity contribution in [1.29, 1.82) is 0 Å². The molecule has 0 saturated heterocycles. The molecular formula is C13H15IO4. The number of carbonyl (C=O) groups excluding carboxylic acids is 2. The fourth-order valence-electron chi connectivity index (χ4n) is 1.51. The quantitative estimate of drug-likeness (QED) is 0.459. The van der Waals surface area contributed by atoms with Gasteiger partial charge in [0.25, 0.3) is 0 Å². The molecule has 0 N–H and O–H groups in total. The topological polar surface area (TPSA) is 52.6 Å². The van der Waals surface area contributed by atoms with E-state index in [4.69, 9.17) is 9.47 Å². The average molecular weight is 362 g/mol. The molecule has 0 saturated carbocycles. The number of hydrogen-bond donors (Lipinski definition) is 0. The molecule has 0 bridgehead atoms. The summed E-state index contributed by atoms with van der Waals surface area (Å²) in [4.78, 5) is 23.7. The lowest BCUT2D eigenvalue weighted by Crippen LogP contribution is -2.26. The summed E-state index contributed by atoms with van der Waals surface area (Å²) in [6, 6.07) is 7.18. The number of rotatable bonds is 5. The van der Waals surface area contributed by atoms with E-state index < -0.39 is 17.9 Å². The molecular weight excluding hydrogens is 347 g/mol. The van der Waals surface area contributed by atoms with Gasteiger partial charge in [0.1, 0.15) is 0 Å². The third kappa shape index (κ3) is 3.97. The normalized spacial score (nSPS) is 10.2. The molecule has 1 aromatic carbocycles. The molecule has 5 heteroatoms. The van der Waals surface area contributed by atoms with Crippen LogP contribution in [-0.2, 0) is 19.1 Å². The molecule has 1 aromatic rings. The second kappa shape index (κ2) is 7.35. The molecule has 0 aliphatic heterocycles. The van der Waals surface area contributed by atoms with Crippen LogP contribution in [0.15, 0.2) is 24.3 Å². The first kappa shape index (κ1) is 14.9. The van der Waals surface area contributed by atoms with Gasteiger partial charge in [0.15, 0.2) is 5.92 Å². The Bertz CT molecular complexity index is 413. The number of halogens is 1. The summed E-state index contributed by atoms with van der Waals surface area (Å²) < 4.78 is 10.8. The smallest absolute Gasteiger partial charge is 0.324 e. The Morgan fingerprint density at radius 2 is 1.72 bits per heavy atom. The van der Waals surface area contributed by atoms with Crippen LogP contribution in [0.25, 0.3) is 0 Å². The molecule has 0 atom stereocenters. The summed E-state index contributed by atoms with van der Waals surface area (Å²) in [5, 5.41) is 0. The molecule has 0 aromatic heterocycles. The van der Waals surface area contributed by atoms with Crippen LogP contribution in [-0.4, -0.2) is 25.2 Å². The van der Waals surface area contributed by atoms with Gasteiger partial charge in [-0.1, -0.05) is 12.1 Å². The Balaban J connectivity index is 3.03. The summed E-state index contributed by atoms with van der Waals surface area (Å²) in [7, 11) is 0. The van der Waals surface area contributed by atoms with E-state index >= 15 is 0 Å². The minimum atomic E-state index is -1.00. The second-order valence-corrected chi connectivity index (χ2v) is 4.74. The van der Waals surface area contributed by atoms with Gasteiger partial charge in [-0.25, -0.2) is 0 Å². The van der Waals surface area contributed by atoms with Crippen molar-refractivity contribution < 1.29 is 19.1 Å². The molecule has 0 aliphatic carbocycles. The van der Waals surface area contributed by atoms with E-state index in [2.05, 4.69) is 22.6 Å². The predicted molar refractivity (Wildman–Crippen MR) is 75.2 cm³/mol. The number of carbonyl (C=O) groups is 2. The Labute approximate surface area is 120 Å². The molecule has 0 heterocycles. The first-order valence-corrected chi connectivity index (χ1v) is 6.76. The second-order valence-electron chi connectivity index (χ2n) is 3.49. The van der Waals surface area contributed by atoms with E-state index in [1.54, 1.807) is 32.0 Å². The van der Waals surface area contributed by atoms with Gasteiger partial charge in [-0.05, 0) is 54.1 Å². The first-order chi connectivity index (χ1) is 8.60. The van der Waals surface area contributed by atoms with Crippen LogP contribution in [0.2, 0.25) is 0 Å². The highest BCUT2D eigenvalue weighted by atomic mass is 127. The molecule has 0 radical (unpaired) electrons. The fourth-order valence-corrected chi connectivity index (χ4v) is 2.07. The molecule has 0 fully saturated rings.